The molecule has 0 bridgehead atoms. The first kappa shape index (κ1) is 11.2. The lowest BCUT2D eigenvalue weighted by molar-refractivity contribution is -0.118. The summed E-state index contributed by atoms with van der Waals surface area (Å²) >= 11 is 0. The highest BCUT2D eigenvalue weighted by Gasteiger charge is 2.31. The van der Waals surface area contributed by atoms with Gasteiger partial charge in [0.05, 0.1) is 17.6 Å². The van der Waals surface area contributed by atoms with Gasteiger partial charge in [-0.15, -0.1) is 0 Å². The second-order valence-corrected chi connectivity index (χ2v) is 4.95. The Labute approximate surface area is 105 Å². The molecular formula is C13H15N3O2. The molecule has 0 atom stereocenters. The number of nitrogens with one attached hydrogen (secondary N) is 2. The largest absolute Gasteiger partial charge is 0.324 e. The van der Waals surface area contributed by atoms with Crippen LogP contribution in [0.3, 0.4) is 0 Å². The molecular weight excluding hydrogens is 230 g/mol. The van der Waals surface area contributed by atoms with Crippen LogP contribution in [0.4, 0.5) is 11.4 Å². The molecule has 94 valence electrons. The van der Waals surface area contributed by atoms with E-state index in [1.165, 1.54) is 0 Å². The quantitative estimate of drug-likeness (QED) is 0.849. The number of pyridine rings is 1. The summed E-state index contributed by atoms with van der Waals surface area (Å²) in [5, 5.41) is 5.66. The summed E-state index contributed by atoms with van der Waals surface area (Å²) < 4.78 is 0. The van der Waals surface area contributed by atoms with E-state index in [2.05, 4.69) is 15.6 Å². The van der Waals surface area contributed by atoms with Crippen LogP contribution in [0, 0.1) is 11.8 Å². The molecule has 2 aliphatic carbocycles. The summed E-state index contributed by atoms with van der Waals surface area (Å²) in [6.45, 7) is 0. The summed E-state index contributed by atoms with van der Waals surface area (Å²) in [6, 6.07) is 1.71. The van der Waals surface area contributed by atoms with E-state index in [0.29, 0.717) is 11.4 Å². The molecule has 2 aliphatic rings. The van der Waals surface area contributed by atoms with Crippen LogP contribution in [0.1, 0.15) is 25.7 Å². The minimum Gasteiger partial charge on any atom is -0.324 e. The lowest BCUT2D eigenvalue weighted by atomic mass is 10.3. The van der Waals surface area contributed by atoms with Crippen molar-refractivity contribution >= 4 is 23.2 Å². The Kier molecular flexibility index (Phi) is 2.74. The Morgan fingerprint density at radius 1 is 1.00 bits per heavy atom. The Hall–Kier alpha value is -1.91. The van der Waals surface area contributed by atoms with Gasteiger partial charge < -0.3 is 10.6 Å². The fraction of sp³-hybridized carbons (Fsp3) is 0.462. The van der Waals surface area contributed by atoms with Gasteiger partial charge in [-0.1, -0.05) is 0 Å². The summed E-state index contributed by atoms with van der Waals surface area (Å²) in [5.41, 5.74) is 1.22. The number of hydrogen-bond donors (Lipinski definition) is 2. The standard InChI is InChI=1S/C13H15N3O2/c17-12(8-1-2-8)15-10-5-6-14-7-11(10)16-13(18)9-3-4-9/h5-9H,1-4H2,(H,16,18)(H,14,15,17). The van der Waals surface area contributed by atoms with Gasteiger partial charge in [0, 0.05) is 18.0 Å². The zero-order chi connectivity index (χ0) is 12.5. The van der Waals surface area contributed by atoms with Crippen LogP contribution in [0.5, 0.6) is 0 Å². The molecule has 2 fully saturated rings. The predicted octanol–water partition coefficient (Wildman–Crippen LogP) is 1.78. The molecule has 0 saturated heterocycles. The molecule has 1 heterocycles. The molecule has 5 heteroatoms. The van der Waals surface area contributed by atoms with Crippen molar-refractivity contribution < 1.29 is 9.59 Å². The van der Waals surface area contributed by atoms with Gasteiger partial charge in [-0.05, 0) is 31.7 Å². The van der Waals surface area contributed by atoms with Crippen molar-refractivity contribution in [1.29, 1.82) is 0 Å². The smallest absolute Gasteiger partial charge is 0.227 e. The van der Waals surface area contributed by atoms with E-state index in [0.717, 1.165) is 25.7 Å². The van der Waals surface area contributed by atoms with E-state index < -0.39 is 0 Å². The summed E-state index contributed by atoms with van der Waals surface area (Å²) in [4.78, 5) is 27.4. The van der Waals surface area contributed by atoms with Crippen LogP contribution in [0.15, 0.2) is 18.5 Å². The molecule has 18 heavy (non-hydrogen) atoms. The average Bonchev–Trinajstić information content (AvgIpc) is 3.22. The molecule has 0 spiro atoms. The topological polar surface area (TPSA) is 71.1 Å². The van der Waals surface area contributed by atoms with Crippen LogP contribution in [-0.4, -0.2) is 16.8 Å². The first-order valence-corrected chi connectivity index (χ1v) is 6.30. The third kappa shape index (κ3) is 2.50. The highest BCUT2D eigenvalue weighted by atomic mass is 16.2. The molecule has 2 saturated carbocycles. The minimum absolute atomic E-state index is 0.0184. The molecule has 3 rings (SSSR count). The van der Waals surface area contributed by atoms with E-state index >= 15 is 0 Å². The Bertz CT molecular complexity index is 448. The maximum atomic E-state index is 11.7. The molecule has 1 aromatic rings. The summed E-state index contributed by atoms with van der Waals surface area (Å²) in [5.74, 6) is 0.329. The molecule has 0 aromatic carbocycles. The zero-order valence-corrected chi connectivity index (χ0v) is 9.98. The van der Waals surface area contributed by atoms with Gasteiger partial charge in [0.1, 0.15) is 0 Å². The van der Waals surface area contributed by atoms with E-state index in [9.17, 15) is 9.59 Å². The number of nitrogens with zero attached hydrogens (tertiary/aromatic N) is 1. The predicted molar refractivity (Wildman–Crippen MR) is 66.9 cm³/mol. The molecule has 0 unspecified atom stereocenters. The third-order valence-corrected chi connectivity index (χ3v) is 3.23. The molecule has 5 nitrogen and oxygen atoms in total. The van der Waals surface area contributed by atoms with Gasteiger partial charge in [-0.25, -0.2) is 0 Å². The lowest BCUT2D eigenvalue weighted by Gasteiger charge is -2.11. The number of anilines is 2. The van der Waals surface area contributed by atoms with E-state index in [1.807, 2.05) is 0 Å². The van der Waals surface area contributed by atoms with Gasteiger partial charge in [0.15, 0.2) is 0 Å². The molecule has 0 radical (unpaired) electrons. The monoisotopic (exact) mass is 245 g/mol. The summed E-state index contributed by atoms with van der Waals surface area (Å²) in [6.07, 6.45) is 7.01. The minimum atomic E-state index is 0.0184. The zero-order valence-electron chi connectivity index (χ0n) is 9.98. The second kappa shape index (κ2) is 4.40. The second-order valence-electron chi connectivity index (χ2n) is 4.95. The Morgan fingerprint density at radius 2 is 1.56 bits per heavy atom. The van der Waals surface area contributed by atoms with E-state index in [1.54, 1.807) is 18.5 Å². The summed E-state index contributed by atoms with van der Waals surface area (Å²) in [7, 11) is 0. The third-order valence-electron chi connectivity index (χ3n) is 3.23. The maximum absolute atomic E-state index is 11.7. The van der Waals surface area contributed by atoms with E-state index in [4.69, 9.17) is 0 Å². The Morgan fingerprint density at radius 3 is 2.11 bits per heavy atom. The van der Waals surface area contributed by atoms with Crippen molar-refractivity contribution in [2.45, 2.75) is 25.7 Å². The first-order valence-electron chi connectivity index (χ1n) is 6.30. The molecule has 0 aliphatic heterocycles. The van der Waals surface area contributed by atoms with Crippen molar-refractivity contribution in [1.82, 2.24) is 4.98 Å². The van der Waals surface area contributed by atoms with Gasteiger partial charge in [0.2, 0.25) is 11.8 Å². The number of hydrogen-bond acceptors (Lipinski definition) is 3. The van der Waals surface area contributed by atoms with Crippen molar-refractivity contribution in [2.24, 2.45) is 11.8 Å². The van der Waals surface area contributed by atoms with Crippen molar-refractivity contribution in [2.75, 3.05) is 10.6 Å². The normalized spacial score (nSPS) is 18.2. The lowest BCUT2D eigenvalue weighted by Crippen LogP contribution is -2.18. The molecule has 2 N–H and O–H groups in total. The van der Waals surface area contributed by atoms with Crippen LogP contribution >= 0.6 is 0 Å². The maximum Gasteiger partial charge on any atom is 0.227 e. The first-order chi connectivity index (χ1) is 8.74. The highest BCUT2D eigenvalue weighted by molar-refractivity contribution is 6.01. The number of amides is 2. The van der Waals surface area contributed by atoms with Gasteiger partial charge in [0.25, 0.3) is 0 Å². The van der Waals surface area contributed by atoms with Gasteiger partial charge >= 0.3 is 0 Å². The molecule has 2 amide bonds. The SMILES string of the molecule is O=C(Nc1ccncc1NC(=O)C1CC1)C1CC1. The van der Waals surface area contributed by atoms with Crippen molar-refractivity contribution in [3.05, 3.63) is 18.5 Å². The number of aromatic nitrogens is 1. The highest BCUT2D eigenvalue weighted by Crippen LogP contribution is 2.33. The van der Waals surface area contributed by atoms with Gasteiger partial charge in [-0.2, -0.15) is 0 Å². The molecule has 1 aromatic heterocycles. The number of carbonyl (C=O) groups is 2. The van der Waals surface area contributed by atoms with Crippen LogP contribution < -0.4 is 10.6 Å². The van der Waals surface area contributed by atoms with Crippen molar-refractivity contribution in [3.8, 4) is 0 Å². The van der Waals surface area contributed by atoms with Crippen LogP contribution in [0.25, 0.3) is 0 Å². The fourth-order valence-electron chi connectivity index (χ4n) is 1.76. The number of carbonyl (C=O) groups excluding carboxylic acids is 2. The van der Waals surface area contributed by atoms with Gasteiger partial charge in [-0.3, -0.25) is 14.6 Å². The van der Waals surface area contributed by atoms with Crippen LogP contribution in [-0.2, 0) is 9.59 Å². The van der Waals surface area contributed by atoms with Crippen LogP contribution in [0.2, 0.25) is 0 Å². The Balaban J connectivity index is 1.71. The average molecular weight is 245 g/mol. The number of rotatable bonds is 4. The van der Waals surface area contributed by atoms with E-state index in [-0.39, 0.29) is 23.7 Å². The fourth-order valence-corrected chi connectivity index (χ4v) is 1.76. The van der Waals surface area contributed by atoms with Crippen molar-refractivity contribution in [3.63, 3.8) is 0 Å².